The minimum atomic E-state index is -0.484. The fraction of sp³-hybridized carbons (Fsp3) is 0.318. The number of nitrogens with zero attached hydrogens (tertiary/aromatic N) is 2. The van der Waals surface area contributed by atoms with Crippen molar-refractivity contribution in [3.05, 3.63) is 59.7 Å². The molecular weight excluding hydrogens is 368 g/mol. The summed E-state index contributed by atoms with van der Waals surface area (Å²) in [6.45, 7) is 5.66. The number of carbonyl (C=O) groups excluding carboxylic acids is 2. The lowest BCUT2D eigenvalue weighted by Crippen LogP contribution is -2.33. The van der Waals surface area contributed by atoms with Crippen molar-refractivity contribution in [3.8, 4) is 5.75 Å². The third-order valence-corrected chi connectivity index (χ3v) is 4.19. The van der Waals surface area contributed by atoms with Crippen LogP contribution in [0.15, 0.2) is 53.5 Å². The van der Waals surface area contributed by atoms with Crippen LogP contribution >= 0.6 is 0 Å². The molecule has 2 aromatic carbocycles. The molecule has 7 nitrogen and oxygen atoms in total. The summed E-state index contributed by atoms with van der Waals surface area (Å²) in [5.41, 5.74) is 12.5. The minimum absolute atomic E-state index is 0.0496. The Labute approximate surface area is 171 Å². The molecule has 1 amide bonds. The third kappa shape index (κ3) is 6.95. The summed E-state index contributed by atoms with van der Waals surface area (Å²) in [4.78, 5) is 30.5. The predicted octanol–water partition coefficient (Wildman–Crippen LogP) is 3.00. The number of guanidine groups is 1. The van der Waals surface area contributed by atoms with Gasteiger partial charge in [-0.1, -0.05) is 26.0 Å². The highest BCUT2D eigenvalue weighted by Crippen LogP contribution is 2.17. The molecule has 0 aliphatic carbocycles. The molecule has 29 heavy (non-hydrogen) atoms. The average Bonchev–Trinajstić information content (AvgIpc) is 2.69. The highest BCUT2D eigenvalue weighted by molar-refractivity contribution is 5.91. The van der Waals surface area contributed by atoms with Crippen LogP contribution in [-0.4, -0.2) is 35.8 Å². The van der Waals surface area contributed by atoms with Gasteiger partial charge in [0.05, 0.1) is 17.7 Å². The van der Waals surface area contributed by atoms with Crippen molar-refractivity contribution in [1.82, 2.24) is 4.90 Å². The molecule has 0 atom stereocenters. The molecule has 7 heteroatoms. The number of nitrogens with two attached hydrogens (primary N) is 2. The molecule has 0 fully saturated rings. The molecule has 2 rings (SSSR count). The van der Waals surface area contributed by atoms with Gasteiger partial charge >= 0.3 is 5.97 Å². The van der Waals surface area contributed by atoms with E-state index in [1.54, 1.807) is 48.5 Å². The van der Waals surface area contributed by atoms with Crippen LogP contribution in [0.1, 0.15) is 42.6 Å². The first-order valence-corrected chi connectivity index (χ1v) is 9.71. The molecule has 0 bridgehead atoms. The van der Waals surface area contributed by atoms with Gasteiger partial charge in [0.25, 0.3) is 0 Å². The van der Waals surface area contributed by atoms with E-state index in [1.807, 2.05) is 4.90 Å². The van der Waals surface area contributed by atoms with E-state index in [-0.39, 0.29) is 11.9 Å². The van der Waals surface area contributed by atoms with Crippen LogP contribution in [0.3, 0.4) is 0 Å². The number of benzene rings is 2. The summed E-state index contributed by atoms with van der Waals surface area (Å²) < 4.78 is 5.39. The van der Waals surface area contributed by atoms with Gasteiger partial charge in [-0.25, -0.2) is 9.79 Å². The number of ether oxygens (including phenoxy) is 1. The first kappa shape index (κ1) is 21.9. The van der Waals surface area contributed by atoms with E-state index >= 15 is 0 Å². The highest BCUT2D eigenvalue weighted by atomic mass is 16.5. The summed E-state index contributed by atoms with van der Waals surface area (Å²) in [5, 5.41) is 0. The van der Waals surface area contributed by atoms with E-state index < -0.39 is 5.97 Å². The van der Waals surface area contributed by atoms with Crippen LogP contribution in [0.5, 0.6) is 5.75 Å². The average molecular weight is 396 g/mol. The Balaban J connectivity index is 1.96. The normalized spacial score (nSPS) is 10.3. The van der Waals surface area contributed by atoms with Crippen molar-refractivity contribution < 1.29 is 14.3 Å². The summed E-state index contributed by atoms with van der Waals surface area (Å²) >= 11 is 0. The molecule has 0 saturated heterocycles. The maximum atomic E-state index is 12.5. The topological polar surface area (TPSA) is 111 Å². The second-order valence-electron chi connectivity index (χ2n) is 6.67. The van der Waals surface area contributed by atoms with E-state index in [4.69, 9.17) is 16.2 Å². The zero-order chi connectivity index (χ0) is 21.2. The molecule has 0 unspecified atom stereocenters. The Morgan fingerprint density at radius 2 is 1.52 bits per heavy atom. The first-order chi connectivity index (χ1) is 13.9. The van der Waals surface area contributed by atoms with Crippen molar-refractivity contribution in [2.75, 3.05) is 13.1 Å². The number of esters is 1. The highest BCUT2D eigenvalue weighted by Gasteiger charge is 2.13. The molecule has 0 spiro atoms. The summed E-state index contributed by atoms with van der Waals surface area (Å²) in [7, 11) is 0. The number of aliphatic imine (C=N–C) groups is 1. The number of hydrogen-bond acceptors (Lipinski definition) is 4. The largest absolute Gasteiger partial charge is 0.423 e. The van der Waals surface area contributed by atoms with E-state index in [9.17, 15) is 9.59 Å². The fourth-order valence-electron chi connectivity index (χ4n) is 2.85. The van der Waals surface area contributed by atoms with Crippen LogP contribution < -0.4 is 16.2 Å². The minimum Gasteiger partial charge on any atom is -0.423 e. The first-order valence-electron chi connectivity index (χ1n) is 9.71. The van der Waals surface area contributed by atoms with Gasteiger partial charge in [-0.3, -0.25) is 4.79 Å². The molecule has 154 valence electrons. The lowest BCUT2D eigenvalue weighted by Gasteiger charge is -2.21. The Morgan fingerprint density at radius 3 is 2.03 bits per heavy atom. The summed E-state index contributed by atoms with van der Waals surface area (Å²) in [6.07, 6.45) is 2.21. The van der Waals surface area contributed by atoms with Gasteiger partial charge in [-0.05, 0) is 54.8 Å². The third-order valence-electron chi connectivity index (χ3n) is 4.19. The SMILES string of the molecule is CCCN(CCC)C(=O)Cc1ccc(OC(=O)c2ccc(N=C(N)N)cc2)cc1. The predicted molar refractivity (Wildman–Crippen MR) is 114 cm³/mol. The van der Waals surface area contributed by atoms with Gasteiger partial charge in [0, 0.05) is 13.1 Å². The van der Waals surface area contributed by atoms with Gasteiger partial charge in [-0.15, -0.1) is 0 Å². The molecule has 0 aromatic heterocycles. The van der Waals surface area contributed by atoms with Crippen molar-refractivity contribution >= 4 is 23.5 Å². The van der Waals surface area contributed by atoms with Gasteiger partial charge in [0.2, 0.25) is 5.91 Å². The van der Waals surface area contributed by atoms with Crippen LogP contribution in [0.2, 0.25) is 0 Å². The summed E-state index contributed by atoms with van der Waals surface area (Å²) in [6, 6.07) is 13.4. The molecule has 0 saturated carbocycles. The standard InChI is InChI=1S/C22H28N4O3/c1-3-13-26(14-4-2)20(27)15-16-5-11-19(12-6-16)29-21(28)17-7-9-18(10-8-17)25-22(23)24/h5-12H,3-4,13-15H2,1-2H3,(H4,23,24,25). The maximum Gasteiger partial charge on any atom is 0.343 e. The monoisotopic (exact) mass is 396 g/mol. The Morgan fingerprint density at radius 1 is 0.931 bits per heavy atom. The Kier molecular flexibility index (Phi) is 8.21. The zero-order valence-electron chi connectivity index (χ0n) is 16.9. The van der Waals surface area contributed by atoms with Gasteiger partial charge in [0.15, 0.2) is 5.96 Å². The van der Waals surface area contributed by atoms with Crippen molar-refractivity contribution in [2.24, 2.45) is 16.5 Å². The van der Waals surface area contributed by atoms with Gasteiger partial charge in [-0.2, -0.15) is 0 Å². The quantitative estimate of drug-likeness (QED) is 0.293. The molecule has 2 aromatic rings. The second kappa shape index (κ2) is 10.8. The van der Waals surface area contributed by atoms with E-state index in [0.717, 1.165) is 31.5 Å². The molecule has 0 aliphatic rings. The van der Waals surface area contributed by atoms with Crippen LogP contribution in [-0.2, 0) is 11.2 Å². The van der Waals surface area contributed by atoms with Crippen LogP contribution in [0.4, 0.5) is 5.69 Å². The van der Waals surface area contributed by atoms with E-state index in [0.29, 0.717) is 23.4 Å². The van der Waals surface area contributed by atoms with E-state index in [1.165, 1.54) is 0 Å². The number of carbonyl (C=O) groups is 2. The van der Waals surface area contributed by atoms with Crippen molar-refractivity contribution in [1.29, 1.82) is 0 Å². The Bertz CT molecular complexity index is 835. The fourth-order valence-corrected chi connectivity index (χ4v) is 2.85. The zero-order valence-corrected chi connectivity index (χ0v) is 16.9. The van der Waals surface area contributed by atoms with Gasteiger partial charge in [0.1, 0.15) is 5.75 Å². The van der Waals surface area contributed by atoms with Crippen LogP contribution in [0.25, 0.3) is 0 Å². The second-order valence-corrected chi connectivity index (χ2v) is 6.67. The summed E-state index contributed by atoms with van der Waals surface area (Å²) in [5.74, 6) is -0.00803. The smallest absolute Gasteiger partial charge is 0.343 e. The Hall–Kier alpha value is -3.35. The number of hydrogen-bond donors (Lipinski definition) is 2. The van der Waals surface area contributed by atoms with Crippen molar-refractivity contribution in [2.45, 2.75) is 33.1 Å². The van der Waals surface area contributed by atoms with E-state index in [2.05, 4.69) is 18.8 Å². The van der Waals surface area contributed by atoms with Crippen molar-refractivity contribution in [3.63, 3.8) is 0 Å². The molecule has 4 N–H and O–H groups in total. The number of rotatable bonds is 9. The molecule has 0 heterocycles. The number of amides is 1. The molecule has 0 radical (unpaired) electrons. The molecular formula is C22H28N4O3. The van der Waals surface area contributed by atoms with Crippen LogP contribution in [0, 0.1) is 0 Å². The lowest BCUT2D eigenvalue weighted by molar-refractivity contribution is -0.130. The maximum absolute atomic E-state index is 12.5. The molecule has 0 aliphatic heterocycles. The van der Waals surface area contributed by atoms with Gasteiger partial charge < -0.3 is 21.1 Å². The lowest BCUT2D eigenvalue weighted by atomic mass is 10.1.